The molecule has 0 saturated carbocycles. The Morgan fingerprint density at radius 1 is 1.27 bits per heavy atom. The highest BCUT2D eigenvalue weighted by Gasteiger charge is 2.38. The van der Waals surface area contributed by atoms with Crippen molar-refractivity contribution < 1.29 is 4.79 Å². The lowest BCUT2D eigenvalue weighted by molar-refractivity contribution is -0.141. The van der Waals surface area contributed by atoms with Crippen LogP contribution in [-0.2, 0) is 4.79 Å². The van der Waals surface area contributed by atoms with Crippen molar-refractivity contribution in [2.75, 3.05) is 26.2 Å². The molecule has 122 valence electrons. The summed E-state index contributed by atoms with van der Waals surface area (Å²) in [5.41, 5.74) is 0.159. The molecule has 1 amide bonds. The maximum atomic E-state index is 12.8. The van der Waals surface area contributed by atoms with E-state index in [9.17, 15) is 4.79 Å². The van der Waals surface area contributed by atoms with E-state index >= 15 is 0 Å². The Morgan fingerprint density at radius 2 is 2.09 bits per heavy atom. The molecule has 0 aliphatic carbocycles. The molecule has 0 N–H and O–H groups in total. The van der Waals surface area contributed by atoms with E-state index in [1.54, 1.807) is 6.20 Å². The summed E-state index contributed by atoms with van der Waals surface area (Å²) in [6, 6.07) is 0.415. The van der Waals surface area contributed by atoms with Crippen LogP contribution in [0.5, 0.6) is 0 Å². The summed E-state index contributed by atoms with van der Waals surface area (Å²) in [6.07, 6.45) is 6.79. The van der Waals surface area contributed by atoms with Crippen LogP contribution in [0.25, 0.3) is 0 Å². The standard InChI is InChI=1S/C16H27N5O/c1-16(2,3)12-20-8-4-5-14(15(20)22)19-9-6-13(11-19)21-10-7-17-18-21/h7,10,13-14H,4-6,8-9,11-12H2,1-3H3. The van der Waals surface area contributed by atoms with Gasteiger partial charge in [0, 0.05) is 32.4 Å². The second-order valence-electron chi connectivity index (χ2n) is 7.80. The fourth-order valence-electron chi connectivity index (χ4n) is 3.67. The van der Waals surface area contributed by atoms with Crippen LogP contribution in [0.1, 0.15) is 46.1 Å². The van der Waals surface area contributed by atoms with Crippen LogP contribution in [-0.4, -0.2) is 62.9 Å². The van der Waals surface area contributed by atoms with Gasteiger partial charge in [0.1, 0.15) is 0 Å². The molecule has 0 aromatic carbocycles. The summed E-state index contributed by atoms with van der Waals surface area (Å²) in [4.78, 5) is 17.3. The van der Waals surface area contributed by atoms with E-state index in [0.29, 0.717) is 11.9 Å². The molecular formula is C16H27N5O. The average molecular weight is 305 g/mol. The van der Waals surface area contributed by atoms with Crippen LogP contribution < -0.4 is 0 Å². The summed E-state index contributed by atoms with van der Waals surface area (Å²) in [5.74, 6) is 0.320. The monoisotopic (exact) mass is 305 g/mol. The SMILES string of the molecule is CC(C)(C)CN1CCCC(N2CCC(n3ccnn3)C2)C1=O. The highest BCUT2D eigenvalue weighted by Crippen LogP contribution is 2.28. The third kappa shape index (κ3) is 3.32. The maximum absolute atomic E-state index is 12.8. The first kappa shape index (κ1) is 15.5. The van der Waals surface area contributed by atoms with Gasteiger partial charge >= 0.3 is 0 Å². The maximum Gasteiger partial charge on any atom is 0.239 e. The quantitative estimate of drug-likeness (QED) is 0.850. The predicted molar refractivity (Wildman–Crippen MR) is 84.3 cm³/mol. The van der Waals surface area contributed by atoms with Crippen molar-refractivity contribution in [3.05, 3.63) is 12.4 Å². The van der Waals surface area contributed by atoms with Gasteiger partial charge in [0.2, 0.25) is 5.91 Å². The first-order chi connectivity index (χ1) is 10.4. The van der Waals surface area contributed by atoms with Crippen molar-refractivity contribution in [2.45, 2.75) is 52.1 Å². The molecule has 0 spiro atoms. The molecule has 3 heterocycles. The molecule has 2 unspecified atom stereocenters. The molecule has 2 saturated heterocycles. The van der Waals surface area contributed by atoms with E-state index in [1.165, 1.54) is 0 Å². The Morgan fingerprint density at radius 3 is 2.77 bits per heavy atom. The number of amides is 1. The zero-order chi connectivity index (χ0) is 15.7. The Kier molecular flexibility index (Phi) is 4.21. The van der Waals surface area contributed by atoms with Gasteiger partial charge in [-0.05, 0) is 24.7 Å². The van der Waals surface area contributed by atoms with Gasteiger partial charge < -0.3 is 4.90 Å². The van der Waals surface area contributed by atoms with Gasteiger partial charge in [-0.2, -0.15) is 0 Å². The molecule has 6 heteroatoms. The molecule has 2 fully saturated rings. The first-order valence-electron chi connectivity index (χ1n) is 8.33. The summed E-state index contributed by atoms with van der Waals surface area (Å²) < 4.78 is 1.93. The number of hydrogen-bond acceptors (Lipinski definition) is 4. The van der Waals surface area contributed by atoms with Crippen molar-refractivity contribution in [3.8, 4) is 0 Å². The second kappa shape index (κ2) is 5.99. The van der Waals surface area contributed by atoms with Crippen LogP contribution >= 0.6 is 0 Å². The third-order valence-electron chi connectivity index (χ3n) is 4.62. The number of nitrogens with zero attached hydrogens (tertiary/aromatic N) is 5. The van der Waals surface area contributed by atoms with Gasteiger partial charge in [-0.1, -0.05) is 26.0 Å². The normalized spacial score (nSPS) is 27.6. The fourth-order valence-corrected chi connectivity index (χ4v) is 3.67. The van der Waals surface area contributed by atoms with Gasteiger partial charge in [-0.3, -0.25) is 9.69 Å². The highest BCUT2D eigenvalue weighted by molar-refractivity contribution is 5.82. The van der Waals surface area contributed by atoms with Crippen LogP contribution in [0.15, 0.2) is 12.4 Å². The molecule has 1 aromatic rings. The number of aromatic nitrogens is 3. The van der Waals surface area contributed by atoms with E-state index < -0.39 is 0 Å². The van der Waals surface area contributed by atoms with Gasteiger partial charge in [-0.25, -0.2) is 4.68 Å². The number of carbonyl (C=O) groups is 1. The molecule has 2 aliphatic rings. The lowest BCUT2D eigenvalue weighted by Crippen LogP contribution is -2.53. The third-order valence-corrected chi connectivity index (χ3v) is 4.62. The summed E-state index contributed by atoms with van der Waals surface area (Å²) >= 11 is 0. The number of piperidine rings is 1. The first-order valence-corrected chi connectivity index (χ1v) is 8.33. The lowest BCUT2D eigenvalue weighted by atomic mass is 9.93. The van der Waals surface area contributed by atoms with E-state index in [1.807, 2.05) is 10.9 Å². The van der Waals surface area contributed by atoms with Crippen LogP contribution in [0.3, 0.4) is 0 Å². The number of likely N-dealkylation sites (tertiary alicyclic amines) is 2. The summed E-state index contributed by atoms with van der Waals surface area (Å²) in [5, 5.41) is 8.00. The van der Waals surface area contributed by atoms with E-state index in [4.69, 9.17) is 0 Å². The Balaban J connectivity index is 1.63. The smallest absolute Gasteiger partial charge is 0.239 e. The highest BCUT2D eigenvalue weighted by atomic mass is 16.2. The predicted octanol–water partition coefficient (Wildman–Crippen LogP) is 1.56. The molecule has 6 nitrogen and oxygen atoms in total. The zero-order valence-electron chi connectivity index (χ0n) is 13.9. The van der Waals surface area contributed by atoms with Gasteiger partial charge in [0.05, 0.1) is 18.3 Å². The number of carbonyl (C=O) groups excluding carboxylic acids is 1. The fraction of sp³-hybridized carbons (Fsp3) is 0.812. The summed E-state index contributed by atoms with van der Waals surface area (Å²) in [6.45, 7) is 10.2. The van der Waals surface area contributed by atoms with Gasteiger partial charge in [-0.15, -0.1) is 5.10 Å². The number of rotatable bonds is 3. The largest absolute Gasteiger partial charge is 0.341 e. The van der Waals surface area contributed by atoms with Crippen LogP contribution in [0.4, 0.5) is 0 Å². The average Bonchev–Trinajstić information content (AvgIpc) is 3.09. The molecule has 0 radical (unpaired) electrons. The van der Waals surface area contributed by atoms with Crippen molar-refractivity contribution in [3.63, 3.8) is 0 Å². The molecule has 2 aliphatic heterocycles. The Bertz CT molecular complexity index is 507. The van der Waals surface area contributed by atoms with Crippen LogP contribution in [0, 0.1) is 5.41 Å². The molecule has 22 heavy (non-hydrogen) atoms. The van der Waals surface area contributed by atoms with E-state index in [-0.39, 0.29) is 11.5 Å². The van der Waals surface area contributed by atoms with Crippen molar-refractivity contribution in [1.29, 1.82) is 0 Å². The Labute approximate surface area is 132 Å². The van der Waals surface area contributed by atoms with E-state index in [2.05, 4.69) is 40.9 Å². The van der Waals surface area contributed by atoms with Crippen molar-refractivity contribution in [1.82, 2.24) is 24.8 Å². The van der Waals surface area contributed by atoms with Gasteiger partial charge in [0.15, 0.2) is 0 Å². The lowest BCUT2D eigenvalue weighted by Gasteiger charge is -2.39. The van der Waals surface area contributed by atoms with E-state index in [0.717, 1.165) is 45.4 Å². The van der Waals surface area contributed by atoms with Crippen LogP contribution in [0.2, 0.25) is 0 Å². The molecule has 3 rings (SSSR count). The molecule has 1 aromatic heterocycles. The molecular weight excluding hydrogens is 278 g/mol. The molecule has 2 atom stereocenters. The minimum Gasteiger partial charge on any atom is -0.341 e. The van der Waals surface area contributed by atoms with Crippen molar-refractivity contribution in [2.24, 2.45) is 5.41 Å². The minimum absolute atomic E-state index is 0.0598. The zero-order valence-corrected chi connectivity index (χ0v) is 13.9. The summed E-state index contributed by atoms with van der Waals surface area (Å²) in [7, 11) is 0. The second-order valence-corrected chi connectivity index (χ2v) is 7.80. The topological polar surface area (TPSA) is 54.3 Å². The minimum atomic E-state index is 0.0598. The van der Waals surface area contributed by atoms with Crippen molar-refractivity contribution >= 4 is 5.91 Å². The number of hydrogen-bond donors (Lipinski definition) is 0. The molecule has 0 bridgehead atoms. The van der Waals surface area contributed by atoms with Gasteiger partial charge in [0.25, 0.3) is 0 Å². The Hall–Kier alpha value is -1.43.